The molecule has 0 aliphatic heterocycles. The van der Waals surface area contributed by atoms with E-state index in [-0.39, 0.29) is 9.79 Å². The third-order valence-corrected chi connectivity index (χ3v) is 3.51. The fourth-order valence-corrected chi connectivity index (χ4v) is 2.22. The average Bonchev–Trinajstić information content (AvgIpc) is 2.39. The quantitative estimate of drug-likeness (QED) is 0.804. The van der Waals surface area contributed by atoms with Crippen molar-refractivity contribution in [1.29, 1.82) is 0 Å². The molecule has 7 heteroatoms. The summed E-state index contributed by atoms with van der Waals surface area (Å²) < 4.78 is 48.7. The zero-order valence-electron chi connectivity index (χ0n) is 9.48. The summed E-state index contributed by atoms with van der Waals surface area (Å²) in [6.45, 7) is 0. The van der Waals surface area contributed by atoms with Gasteiger partial charge in [0.1, 0.15) is 11.5 Å². The lowest BCUT2D eigenvalue weighted by atomic mass is 10.3. The highest BCUT2D eigenvalue weighted by Crippen LogP contribution is 2.24. The van der Waals surface area contributed by atoms with Crippen molar-refractivity contribution in [1.82, 2.24) is 0 Å². The molecule has 0 heterocycles. The molecule has 0 fully saturated rings. The van der Waals surface area contributed by atoms with Gasteiger partial charge < -0.3 is 13.8 Å². The second kappa shape index (κ2) is 6.07. The maximum atomic E-state index is 10.8. The molecule has 2 atom stereocenters. The van der Waals surface area contributed by atoms with Crippen LogP contribution in [-0.4, -0.2) is 17.5 Å². The van der Waals surface area contributed by atoms with Crippen LogP contribution in [0.25, 0.3) is 0 Å². The van der Waals surface area contributed by atoms with Gasteiger partial charge in [-0.1, -0.05) is 12.1 Å². The minimum Gasteiger partial charge on any atom is -0.768 e. The predicted molar refractivity (Wildman–Crippen MR) is 67.3 cm³/mol. The smallest absolute Gasteiger partial charge is 0.128 e. The van der Waals surface area contributed by atoms with Crippen LogP contribution in [0.3, 0.4) is 0 Å². The van der Waals surface area contributed by atoms with Crippen molar-refractivity contribution in [2.24, 2.45) is 0 Å². The third kappa shape index (κ3) is 3.71. The van der Waals surface area contributed by atoms with Gasteiger partial charge in [0, 0.05) is 9.79 Å². The van der Waals surface area contributed by atoms with Gasteiger partial charge in [0.05, 0.1) is 0 Å². The number of rotatable bonds is 4. The molecule has 0 saturated heterocycles. The Morgan fingerprint density at radius 3 is 1.58 bits per heavy atom. The summed E-state index contributed by atoms with van der Waals surface area (Å²) in [6, 6.07) is 11.8. The fourth-order valence-electron chi connectivity index (χ4n) is 1.42. The SMILES string of the molecule is O=S([O-])c1cccc(Oc2cccc(S(=O)[O-])c2)c1. The Morgan fingerprint density at radius 1 is 0.789 bits per heavy atom. The van der Waals surface area contributed by atoms with E-state index in [1.165, 1.54) is 36.4 Å². The lowest BCUT2D eigenvalue weighted by Gasteiger charge is -2.11. The second-order valence-corrected chi connectivity index (χ2v) is 5.40. The van der Waals surface area contributed by atoms with Crippen LogP contribution < -0.4 is 4.74 Å². The van der Waals surface area contributed by atoms with Gasteiger partial charge in [0.2, 0.25) is 0 Å². The molecule has 2 rings (SSSR count). The second-order valence-electron chi connectivity index (χ2n) is 3.52. The highest BCUT2D eigenvalue weighted by molar-refractivity contribution is 7.79. The molecule has 0 aliphatic carbocycles. The van der Waals surface area contributed by atoms with Crippen molar-refractivity contribution in [2.75, 3.05) is 0 Å². The van der Waals surface area contributed by atoms with Gasteiger partial charge in [-0.2, -0.15) is 0 Å². The molecule has 19 heavy (non-hydrogen) atoms. The first kappa shape index (κ1) is 13.9. The standard InChI is InChI=1S/C12H10O5S2/c13-18(14)11-5-1-3-9(7-11)17-10-4-2-6-12(8-10)19(15)16/h1-8H,(H,13,14)(H,15,16)/p-2. The first-order valence-corrected chi connectivity index (χ1v) is 7.28. The molecule has 2 aromatic rings. The van der Waals surface area contributed by atoms with E-state index in [4.69, 9.17) is 4.74 Å². The first-order valence-electron chi connectivity index (χ1n) is 5.13. The molecule has 2 aromatic carbocycles. The molecular weight excluding hydrogens is 288 g/mol. The molecule has 0 spiro atoms. The molecule has 2 unspecified atom stereocenters. The Morgan fingerprint density at radius 2 is 1.21 bits per heavy atom. The van der Waals surface area contributed by atoms with Crippen LogP contribution in [0.4, 0.5) is 0 Å². The van der Waals surface area contributed by atoms with Crippen molar-refractivity contribution in [3.05, 3.63) is 48.5 Å². The summed E-state index contributed by atoms with van der Waals surface area (Å²) in [5, 5.41) is 0. The predicted octanol–water partition coefficient (Wildman–Crippen LogP) is 1.95. The highest BCUT2D eigenvalue weighted by Gasteiger charge is 2.01. The van der Waals surface area contributed by atoms with E-state index in [9.17, 15) is 17.5 Å². The van der Waals surface area contributed by atoms with Crippen LogP contribution in [0.5, 0.6) is 11.5 Å². The van der Waals surface area contributed by atoms with Crippen molar-refractivity contribution < 1.29 is 22.3 Å². The Labute approximate surface area is 114 Å². The summed E-state index contributed by atoms with van der Waals surface area (Å²) in [6.07, 6.45) is 0. The normalized spacial score (nSPS) is 13.8. The van der Waals surface area contributed by atoms with Crippen LogP contribution in [0, 0.1) is 0 Å². The maximum absolute atomic E-state index is 10.8. The molecule has 5 nitrogen and oxygen atoms in total. The summed E-state index contributed by atoms with van der Waals surface area (Å²) in [5.74, 6) is 0.631. The monoisotopic (exact) mass is 296 g/mol. The topological polar surface area (TPSA) is 89.5 Å². The Kier molecular flexibility index (Phi) is 4.43. The zero-order valence-corrected chi connectivity index (χ0v) is 11.1. The van der Waals surface area contributed by atoms with Crippen LogP contribution in [-0.2, 0) is 22.2 Å². The molecule has 0 amide bonds. The molecule has 0 saturated carbocycles. The van der Waals surface area contributed by atoms with E-state index < -0.39 is 22.2 Å². The van der Waals surface area contributed by atoms with E-state index in [0.717, 1.165) is 0 Å². The highest BCUT2D eigenvalue weighted by atomic mass is 32.2. The van der Waals surface area contributed by atoms with Gasteiger partial charge in [-0.05, 0) is 58.6 Å². The average molecular weight is 296 g/mol. The van der Waals surface area contributed by atoms with Crippen molar-refractivity contribution >= 4 is 22.2 Å². The molecular formula is C12H8O5S2-2. The number of ether oxygens (including phenoxy) is 1. The van der Waals surface area contributed by atoms with E-state index in [2.05, 4.69) is 0 Å². The zero-order chi connectivity index (χ0) is 13.8. The summed E-state index contributed by atoms with van der Waals surface area (Å²) in [4.78, 5) is 0.196. The van der Waals surface area contributed by atoms with Gasteiger partial charge in [0.25, 0.3) is 0 Å². The Bertz CT molecular complexity index is 586. The molecule has 100 valence electrons. The van der Waals surface area contributed by atoms with Gasteiger partial charge >= 0.3 is 0 Å². The molecule has 0 N–H and O–H groups in total. The van der Waals surface area contributed by atoms with E-state index in [0.29, 0.717) is 11.5 Å². The third-order valence-electron chi connectivity index (χ3n) is 2.23. The lowest BCUT2D eigenvalue weighted by Crippen LogP contribution is -1.92. The molecule has 0 aromatic heterocycles. The Hall–Kier alpha value is -1.54. The maximum Gasteiger partial charge on any atom is 0.128 e. The lowest BCUT2D eigenvalue weighted by molar-refractivity contribution is 0.477. The van der Waals surface area contributed by atoms with Gasteiger partial charge in [-0.15, -0.1) is 0 Å². The minimum atomic E-state index is -2.34. The summed E-state index contributed by atoms with van der Waals surface area (Å²) in [5.41, 5.74) is 0. The minimum absolute atomic E-state index is 0.0982. The van der Waals surface area contributed by atoms with Crippen LogP contribution >= 0.6 is 0 Å². The number of hydrogen-bond donors (Lipinski definition) is 0. The molecule has 0 bridgehead atoms. The summed E-state index contributed by atoms with van der Waals surface area (Å²) in [7, 11) is 0. The van der Waals surface area contributed by atoms with E-state index >= 15 is 0 Å². The van der Waals surface area contributed by atoms with Gasteiger partial charge in [-0.3, -0.25) is 8.42 Å². The van der Waals surface area contributed by atoms with Crippen molar-refractivity contribution in [3.63, 3.8) is 0 Å². The Balaban J connectivity index is 2.26. The van der Waals surface area contributed by atoms with Crippen LogP contribution in [0.2, 0.25) is 0 Å². The number of benzene rings is 2. The number of hydrogen-bond acceptors (Lipinski definition) is 5. The largest absolute Gasteiger partial charge is 0.768 e. The van der Waals surface area contributed by atoms with Gasteiger partial charge in [0.15, 0.2) is 0 Å². The van der Waals surface area contributed by atoms with E-state index in [1.54, 1.807) is 12.1 Å². The van der Waals surface area contributed by atoms with Crippen LogP contribution in [0.15, 0.2) is 58.3 Å². The van der Waals surface area contributed by atoms with Crippen molar-refractivity contribution in [2.45, 2.75) is 9.79 Å². The van der Waals surface area contributed by atoms with Crippen molar-refractivity contribution in [3.8, 4) is 11.5 Å². The van der Waals surface area contributed by atoms with E-state index in [1.807, 2.05) is 0 Å². The fraction of sp³-hybridized carbons (Fsp3) is 0. The summed E-state index contributed by atoms with van der Waals surface area (Å²) >= 11 is -4.68. The van der Waals surface area contributed by atoms with Crippen LogP contribution in [0.1, 0.15) is 0 Å². The first-order chi connectivity index (χ1) is 9.06. The molecule has 0 aliphatic rings. The van der Waals surface area contributed by atoms with Gasteiger partial charge in [-0.25, -0.2) is 0 Å². The molecule has 0 radical (unpaired) electrons.